The second kappa shape index (κ2) is 5.10. The van der Waals surface area contributed by atoms with Crippen molar-refractivity contribution in [1.29, 1.82) is 0 Å². The lowest BCUT2D eigenvalue weighted by molar-refractivity contribution is 0.0905. The molecule has 0 aliphatic heterocycles. The first-order chi connectivity index (χ1) is 7.77. The van der Waals surface area contributed by atoms with E-state index in [1.54, 1.807) is 12.3 Å². The Morgan fingerprint density at radius 3 is 2.88 bits per heavy atom. The Bertz CT molecular complexity index is 350. The third-order valence-corrected chi connectivity index (χ3v) is 3.33. The van der Waals surface area contributed by atoms with Crippen LogP contribution in [0.2, 0.25) is 0 Å². The average Bonchev–Trinajstić information content (AvgIpc) is 2.33. The second-order valence-electron chi connectivity index (χ2n) is 4.56. The van der Waals surface area contributed by atoms with Gasteiger partial charge in [-0.2, -0.15) is 0 Å². The van der Waals surface area contributed by atoms with E-state index in [0.717, 1.165) is 6.42 Å². The van der Waals surface area contributed by atoms with Gasteiger partial charge in [-0.3, -0.25) is 9.78 Å². The zero-order valence-corrected chi connectivity index (χ0v) is 9.65. The molecule has 0 saturated heterocycles. The molecule has 1 amide bonds. The highest BCUT2D eigenvalue weighted by Gasteiger charge is 2.23. The van der Waals surface area contributed by atoms with Crippen molar-refractivity contribution in [3.63, 3.8) is 0 Å². The summed E-state index contributed by atoms with van der Waals surface area (Å²) in [6.07, 6.45) is 6.47. The van der Waals surface area contributed by atoms with Gasteiger partial charge in [0.15, 0.2) is 0 Å². The summed E-state index contributed by atoms with van der Waals surface area (Å²) in [5.74, 6) is 0.542. The number of nitrogens with one attached hydrogen (secondary N) is 1. The summed E-state index contributed by atoms with van der Waals surface area (Å²) in [4.78, 5) is 15.9. The van der Waals surface area contributed by atoms with E-state index >= 15 is 0 Å². The molecule has 3 heteroatoms. The van der Waals surface area contributed by atoms with E-state index in [2.05, 4.69) is 17.2 Å². The van der Waals surface area contributed by atoms with Crippen molar-refractivity contribution in [2.45, 2.75) is 38.6 Å². The fourth-order valence-corrected chi connectivity index (χ4v) is 2.27. The summed E-state index contributed by atoms with van der Waals surface area (Å²) in [6, 6.07) is 5.73. The number of hydrogen-bond donors (Lipinski definition) is 1. The van der Waals surface area contributed by atoms with E-state index in [9.17, 15) is 4.79 Å². The molecule has 86 valence electrons. The van der Waals surface area contributed by atoms with Crippen molar-refractivity contribution < 1.29 is 4.79 Å². The number of carbonyl (C=O) groups excluding carboxylic acids is 1. The van der Waals surface area contributed by atoms with E-state index in [1.807, 2.05) is 12.1 Å². The minimum atomic E-state index is -0.0423. The molecule has 0 radical (unpaired) electrons. The highest BCUT2D eigenvalue weighted by molar-refractivity contribution is 5.92. The highest BCUT2D eigenvalue weighted by Crippen LogP contribution is 2.23. The van der Waals surface area contributed by atoms with Gasteiger partial charge in [0.05, 0.1) is 0 Å². The van der Waals surface area contributed by atoms with Crippen LogP contribution < -0.4 is 5.32 Å². The summed E-state index contributed by atoms with van der Waals surface area (Å²) in [5.41, 5.74) is 0.514. The molecular weight excluding hydrogens is 200 g/mol. The van der Waals surface area contributed by atoms with Gasteiger partial charge in [0.2, 0.25) is 0 Å². The number of rotatable bonds is 2. The highest BCUT2D eigenvalue weighted by atomic mass is 16.1. The first-order valence-corrected chi connectivity index (χ1v) is 5.99. The molecule has 1 heterocycles. The van der Waals surface area contributed by atoms with Crippen molar-refractivity contribution in [2.24, 2.45) is 5.92 Å². The van der Waals surface area contributed by atoms with E-state index in [1.165, 1.54) is 19.3 Å². The minimum absolute atomic E-state index is 0.0423. The van der Waals surface area contributed by atoms with E-state index in [4.69, 9.17) is 0 Å². The Hall–Kier alpha value is -1.38. The summed E-state index contributed by atoms with van der Waals surface area (Å²) in [6.45, 7) is 2.21. The standard InChI is InChI=1S/C13H18N2O/c1-10-6-2-3-7-11(10)15-13(16)12-8-4-5-9-14-12/h4-5,8-11H,2-3,6-7H2,1H3,(H,15,16). The Morgan fingerprint density at radius 1 is 1.38 bits per heavy atom. The Morgan fingerprint density at radius 2 is 2.19 bits per heavy atom. The lowest BCUT2D eigenvalue weighted by Crippen LogP contribution is -2.41. The molecule has 1 aliphatic carbocycles. The molecule has 1 fully saturated rings. The van der Waals surface area contributed by atoms with Crippen LogP contribution in [-0.4, -0.2) is 16.9 Å². The number of carbonyl (C=O) groups is 1. The van der Waals surface area contributed by atoms with Crippen LogP contribution in [0.15, 0.2) is 24.4 Å². The van der Waals surface area contributed by atoms with Gasteiger partial charge in [-0.25, -0.2) is 0 Å². The first-order valence-electron chi connectivity index (χ1n) is 5.99. The van der Waals surface area contributed by atoms with Gasteiger partial charge >= 0.3 is 0 Å². The second-order valence-corrected chi connectivity index (χ2v) is 4.56. The van der Waals surface area contributed by atoms with E-state index in [-0.39, 0.29) is 5.91 Å². The van der Waals surface area contributed by atoms with Crippen LogP contribution in [0.5, 0.6) is 0 Å². The van der Waals surface area contributed by atoms with Crippen LogP contribution in [0.1, 0.15) is 43.1 Å². The maximum absolute atomic E-state index is 11.9. The maximum atomic E-state index is 11.9. The number of aromatic nitrogens is 1. The van der Waals surface area contributed by atoms with Crippen LogP contribution >= 0.6 is 0 Å². The molecule has 1 aromatic heterocycles. The zero-order valence-electron chi connectivity index (χ0n) is 9.65. The number of hydrogen-bond acceptors (Lipinski definition) is 2. The summed E-state index contributed by atoms with van der Waals surface area (Å²) >= 11 is 0. The van der Waals surface area contributed by atoms with Crippen LogP contribution in [-0.2, 0) is 0 Å². The predicted octanol–water partition coefficient (Wildman–Crippen LogP) is 2.39. The smallest absolute Gasteiger partial charge is 0.270 e. The summed E-state index contributed by atoms with van der Waals surface area (Å²) in [7, 11) is 0. The summed E-state index contributed by atoms with van der Waals surface area (Å²) in [5, 5.41) is 3.08. The van der Waals surface area contributed by atoms with Gasteiger partial charge in [0.1, 0.15) is 5.69 Å². The van der Waals surface area contributed by atoms with Crippen LogP contribution in [0.4, 0.5) is 0 Å². The van der Waals surface area contributed by atoms with Gasteiger partial charge in [-0.05, 0) is 30.9 Å². The molecule has 2 rings (SSSR count). The number of pyridine rings is 1. The van der Waals surface area contributed by atoms with Crippen molar-refractivity contribution >= 4 is 5.91 Å². The van der Waals surface area contributed by atoms with Crippen LogP contribution in [0.25, 0.3) is 0 Å². The summed E-state index contributed by atoms with van der Waals surface area (Å²) < 4.78 is 0. The van der Waals surface area contributed by atoms with Gasteiger partial charge in [0.25, 0.3) is 5.91 Å². The number of nitrogens with zero attached hydrogens (tertiary/aromatic N) is 1. The lowest BCUT2D eigenvalue weighted by atomic mass is 9.86. The molecule has 2 unspecified atom stereocenters. The fourth-order valence-electron chi connectivity index (χ4n) is 2.27. The molecule has 0 bridgehead atoms. The first kappa shape index (κ1) is 11.1. The van der Waals surface area contributed by atoms with Gasteiger partial charge in [-0.15, -0.1) is 0 Å². The average molecular weight is 218 g/mol. The molecule has 1 aliphatic rings. The molecule has 0 aromatic carbocycles. The fraction of sp³-hybridized carbons (Fsp3) is 0.538. The molecule has 16 heavy (non-hydrogen) atoms. The van der Waals surface area contributed by atoms with Gasteiger partial charge in [0, 0.05) is 12.2 Å². The molecule has 3 nitrogen and oxygen atoms in total. The maximum Gasteiger partial charge on any atom is 0.270 e. The minimum Gasteiger partial charge on any atom is -0.348 e. The SMILES string of the molecule is CC1CCCCC1NC(=O)c1ccccn1. The van der Waals surface area contributed by atoms with Gasteiger partial charge < -0.3 is 5.32 Å². The lowest BCUT2D eigenvalue weighted by Gasteiger charge is -2.29. The van der Waals surface area contributed by atoms with Crippen molar-refractivity contribution in [1.82, 2.24) is 10.3 Å². The molecular formula is C13H18N2O. The topological polar surface area (TPSA) is 42.0 Å². The van der Waals surface area contributed by atoms with Crippen LogP contribution in [0.3, 0.4) is 0 Å². The van der Waals surface area contributed by atoms with Crippen molar-refractivity contribution in [3.8, 4) is 0 Å². The molecule has 1 saturated carbocycles. The quantitative estimate of drug-likeness (QED) is 0.828. The zero-order chi connectivity index (χ0) is 11.4. The van der Waals surface area contributed by atoms with E-state index in [0.29, 0.717) is 17.7 Å². The van der Waals surface area contributed by atoms with Gasteiger partial charge in [-0.1, -0.05) is 25.8 Å². The molecule has 1 N–H and O–H groups in total. The molecule has 2 atom stereocenters. The largest absolute Gasteiger partial charge is 0.348 e. The Balaban J connectivity index is 1.96. The van der Waals surface area contributed by atoms with E-state index < -0.39 is 0 Å². The van der Waals surface area contributed by atoms with Crippen LogP contribution in [0, 0.1) is 5.92 Å². The third kappa shape index (κ3) is 2.60. The van der Waals surface area contributed by atoms with Crippen molar-refractivity contribution in [3.05, 3.63) is 30.1 Å². The molecule has 1 aromatic rings. The Kier molecular flexibility index (Phi) is 3.54. The molecule has 0 spiro atoms. The van der Waals surface area contributed by atoms with Crippen molar-refractivity contribution in [2.75, 3.05) is 0 Å². The third-order valence-electron chi connectivity index (χ3n) is 3.33. The number of amides is 1. The predicted molar refractivity (Wildman–Crippen MR) is 63.1 cm³/mol. The normalized spacial score (nSPS) is 25.1. The Labute approximate surface area is 96.3 Å². The monoisotopic (exact) mass is 218 g/mol.